The van der Waals surface area contributed by atoms with Crippen LogP contribution in [0.3, 0.4) is 0 Å². The molecule has 1 fully saturated rings. The molecule has 6 heteroatoms. The number of carbonyl (C=O) groups is 2. The van der Waals surface area contributed by atoms with Crippen molar-refractivity contribution in [3.63, 3.8) is 0 Å². The minimum atomic E-state index is -3.08. The van der Waals surface area contributed by atoms with Crippen molar-refractivity contribution in [2.45, 2.75) is 24.8 Å². The lowest BCUT2D eigenvalue weighted by molar-refractivity contribution is -0.135. The van der Waals surface area contributed by atoms with Gasteiger partial charge < -0.3 is 5.32 Å². The Hall–Kier alpha value is -0.710. The molecule has 0 saturated heterocycles. The third kappa shape index (κ3) is 2.15. The highest BCUT2D eigenvalue weighted by molar-refractivity contribution is 6.29. The lowest BCUT2D eigenvalue weighted by atomic mass is 10.2. The van der Waals surface area contributed by atoms with Crippen LogP contribution >= 0.6 is 11.6 Å². The Morgan fingerprint density at radius 3 is 2.31 bits per heavy atom. The number of halogens is 3. The van der Waals surface area contributed by atoms with Crippen LogP contribution in [0.1, 0.15) is 12.8 Å². The predicted molar refractivity (Wildman–Crippen MR) is 41.8 cm³/mol. The molecule has 0 unspecified atom stereocenters. The van der Waals surface area contributed by atoms with E-state index < -0.39 is 23.7 Å². The minimum absolute atomic E-state index is 0.260. The number of hydrogen-bond donors (Lipinski definition) is 1. The Bertz CT molecular complexity index is 241. The van der Waals surface area contributed by atoms with E-state index in [2.05, 4.69) is 0 Å². The van der Waals surface area contributed by atoms with Gasteiger partial charge in [-0.25, -0.2) is 0 Å². The van der Waals surface area contributed by atoms with Crippen molar-refractivity contribution >= 4 is 23.3 Å². The topological polar surface area (TPSA) is 46.2 Å². The lowest BCUT2D eigenvalue weighted by Crippen LogP contribution is -2.46. The first-order valence-corrected chi connectivity index (χ1v) is 4.25. The van der Waals surface area contributed by atoms with Crippen LogP contribution in [0.4, 0.5) is 8.78 Å². The normalized spacial score (nSPS) is 18.5. The highest BCUT2D eigenvalue weighted by Crippen LogP contribution is 2.36. The van der Waals surface area contributed by atoms with Crippen molar-refractivity contribution in [1.29, 1.82) is 0 Å². The van der Waals surface area contributed by atoms with Crippen molar-refractivity contribution in [3.05, 3.63) is 0 Å². The molecule has 74 valence electrons. The van der Waals surface area contributed by atoms with Crippen LogP contribution in [0.15, 0.2) is 0 Å². The summed E-state index contributed by atoms with van der Waals surface area (Å²) < 4.78 is 23.6. The van der Waals surface area contributed by atoms with Crippen LogP contribution in [0.2, 0.25) is 0 Å². The molecule has 1 rings (SSSR count). The molecule has 0 aliphatic heterocycles. The highest BCUT2D eigenvalue weighted by atomic mass is 35.5. The van der Waals surface area contributed by atoms with E-state index in [9.17, 15) is 18.4 Å². The van der Waals surface area contributed by atoms with Gasteiger partial charge in [-0.3, -0.25) is 9.59 Å². The first-order chi connectivity index (χ1) is 6.02. The second kappa shape index (κ2) is 3.57. The van der Waals surface area contributed by atoms with E-state index in [1.54, 1.807) is 0 Å². The van der Waals surface area contributed by atoms with E-state index >= 15 is 0 Å². The van der Waals surface area contributed by atoms with Gasteiger partial charge in [0.25, 0.3) is 5.91 Å². The van der Waals surface area contributed by atoms with Crippen molar-refractivity contribution in [1.82, 2.24) is 5.32 Å². The Balaban J connectivity index is 2.53. The molecule has 1 amide bonds. The Morgan fingerprint density at radius 1 is 1.46 bits per heavy atom. The number of carbonyl (C=O) groups excluding carboxylic acids is 2. The fourth-order valence-corrected chi connectivity index (χ4v) is 1.27. The smallest absolute Gasteiger partial charge is 0.315 e. The fourth-order valence-electron chi connectivity index (χ4n) is 1.02. The van der Waals surface area contributed by atoms with Crippen molar-refractivity contribution in [3.8, 4) is 0 Å². The second-order valence-electron chi connectivity index (χ2n) is 2.93. The summed E-state index contributed by atoms with van der Waals surface area (Å²) in [6.45, 7) is 0. The second-order valence-corrected chi connectivity index (χ2v) is 3.20. The summed E-state index contributed by atoms with van der Waals surface area (Å²) in [6.07, 6.45) is -2.28. The third-order valence-electron chi connectivity index (χ3n) is 1.97. The maximum Gasteiger partial charge on any atom is 0.315 e. The third-order valence-corrected chi connectivity index (χ3v) is 2.21. The molecule has 0 radical (unpaired) electrons. The minimum Gasteiger partial charge on any atom is -0.339 e. The summed E-state index contributed by atoms with van der Waals surface area (Å²) in [5.74, 6) is -2.07. The molecule has 0 aromatic carbocycles. The standard InChI is InChI=1S/C7H8ClF2NO2/c8-3-4(12)7(1-2-7)11-6(13)5(9)10/h5H,1-3H2,(H,11,13). The Labute approximate surface area is 78.4 Å². The SMILES string of the molecule is O=C(NC1(C(=O)CCl)CC1)C(F)F. The first kappa shape index (κ1) is 10.4. The van der Waals surface area contributed by atoms with Crippen LogP contribution in [0.5, 0.6) is 0 Å². The molecule has 0 aromatic rings. The van der Waals surface area contributed by atoms with Gasteiger partial charge >= 0.3 is 6.43 Å². The zero-order valence-corrected chi connectivity index (χ0v) is 7.40. The molecule has 0 heterocycles. The molecular formula is C7H8ClF2NO2. The van der Waals surface area contributed by atoms with Gasteiger partial charge in [-0.2, -0.15) is 8.78 Å². The summed E-state index contributed by atoms with van der Waals surface area (Å²) in [7, 11) is 0. The zero-order chi connectivity index (χ0) is 10.1. The van der Waals surface area contributed by atoms with Gasteiger partial charge in [0.15, 0.2) is 5.78 Å². The highest BCUT2D eigenvalue weighted by Gasteiger charge is 2.50. The molecule has 3 nitrogen and oxygen atoms in total. The van der Waals surface area contributed by atoms with Crippen LogP contribution in [-0.4, -0.2) is 29.5 Å². The molecule has 1 saturated carbocycles. The largest absolute Gasteiger partial charge is 0.339 e. The van der Waals surface area contributed by atoms with Crippen LogP contribution < -0.4 is 5.32 Å². The van der Waals surface area contributed by atoms with Gasteiger partial charge in [0.2, 0.25) is 0 Å². The van der Waals surface area contributed by atoms with E-state index in [4.69, 9.17) is 11.6 Å². The Kier molecular flexibility index (Phi) is 2.85. The van der Waals surface area contributed by atoms with Gasteiger partial charge in [0, 0.05) is 0 Å². The van der Waals surface area contributed by atoms with E-state index in [1.165, 1.54) is 0 Å². The number of Topliss-reactive ketones (excluding diaryl/α,β-unsaturated/α-hetero) is 1. The van der Waals surface area contributed by atoms with E-state index in [0.29, 0.717) is 12.8 Å². The van der Waals surface area contributed by atoms with Gasteiger partial charge in [-0.05, 0) is 12.8 Å². The maximum atomic E-state index is 11.8. The van der Waals surface area contributed by atoms with E-state index in [1.807, 2.05) is 5.32 Å². The monoisotopic (exact) mass is 211 g/mol. The quantitative estimate of drug-likeness (QED) is 0.696. The Morgan fingerprint density at radius 2 is 2.00 bits per heavy atom. The maximum absolute atomic E-state index is 11.8. The molecule has 0 spiro atoms. The van der Waals surface area contributed by atoms with Crippen LogP contribution in [0.25, 0.3) is 0 Å². The molecule has 1 N–H and O–H groups in total. The summed E-state index contributed by atoms with van der Waals surface area (Å²) in [5.41, 5.74) is -1.09. The number of alkyl halides is 3. The fraction of sp³-hybridized carbons (Fsp3) is 0.714. The lowest BCUT2D eigenvalue weighted by Gasteiger charge is -2.13. The number of amides is 1. The summed E-state index contributed by atoms with van der Waals surface area (Å²) in [5, 5.41) is 1.99. The average Bonchev–Trinajstić information content (AvgIpc) is 2.84. The van der Waals surface area contributed by atoms with Crippen molar-refractivity contribution < 1.29 is 18.4 Å². The first-order valence-electron chi connectivity index (χ1n) is 3.71. The summed E-state index contributed by atoms with van der Waals surface area (Å²) in [6, 6.07) is 0. The van der Waals surface area contributed by atoms with Crippen molar-refractivity contribution in [2.75, 3.05) is 5.88 Å². The van der Waals surface area contributed by atoms with Gasteiger partial charge in [0.05, 0.1) is 5.88 Å². The van der Waals surface area contributed by atoms with Gasteiger partial charge in [-0.15, -0.1) is 11.6 Å². The number of rotatable bonds is 4. The molecule has 0 atom stereocenters. The molecular weight excluding hydrogens is 204 g/mol. The number of ketones is 1. The zero-order valence-electron chi connectivity index (χ0n) is 6.65. The van der Waals surface area contributed by atoms with E-state index in [0.717, 1.165) is 0 Å². The predicted octanol–water partition coefficient (Wildman–Crippen LogP) is 0.708. The van der Waals surface area contributed by atoms with Crippen LogP contribution in [-0.2, 0) is 9.59 Å². The summed E-state index contributed by atoms with van der Waals surface area (Å²) >= 11 is 5.25. The van der Waals surface area contributed by atoms with Gasteiger partial charge in [-0.1, -0.05) is 0 Å². The van der Waals surface area contributed by atoms with Crippen molar-refractivity contribution in [2.24, 2.45) is 0 Å². The molecule has 1 aliphatic carbocycles. The number of hydrogen-bond acceptors (Lipinski definition) is 2. The summed E-state index contributed by atoms with van der Waals surface area (Å²) in [4.78, 5) is 21.6. The molecule has 0 bridgehead atoms. The molecule has 1 aliphatic rings. The molecule has 0 aromatic heterocycles. The van der Waals surface area contributed by atoms with Crippen LogP contribution in [0, 0.1) is 0 Å². The average molecular weight is 212 g/mol. The number of nitrogens with one attached hydrogen (secondary N) is 1. The van der Waals surface area contributed by atoms with E-state index in [-0.39, 0.29) is 5.88 Å². The van der Waals surface area contributed by atoms with Gasteiger partial charge in [0.1, 0.15) is 5.54 Å². The molecule has 13 heavy (non-hydrogen) atoms.